The predicted molar refractivity (Wildman–Crippen MR) is 249 cm³/mol. The molecule has 0 aromatic heterocycles. The Bertz CT molecular complexity index is 838. The fourth-order valence-electron chi connectivity index (χ4n) is 7.64. The first-order chi connectivity index (χ1) is 27.1. The molecule has 0 fully saturated rings. The molecule has 0 unspecified atom stereocenters. The van der Waals surface area contributed by atoms with Gasteiger partial charge in [-0.15, -0.1) is 0 Å². The summed E-state index contributed by atoms with van der Waals surface area (Å²) in [6.45, 7) is 8.82. The Hall–Kier alpha value is -1.61. The summed E-state index contributed by atoms with van der Waals surface area (Å²) < 4.78 is 0. The SMILES string of the molecule is CCCCC/C=C\C/C=C\CCCCCCCCC(CCCCCCCC/C=C\C/C=C\CCCCC)N(CCCN(C)C)C(=O)CCCCCCCCC. The van der Waals surface area contributed by atoms with Crippen LogP contribution in [0.2, 0.25) is 0 Å². The third-order valence-corrected chi connectivity index (χ3v) is 11.2. The summed E-state index contributed by atoms with van der Waals surface area (Å²) in [4.78, 5) is 18.5. The van der Waals surface area contributed by atoms with Gasteiger partial charge in [-0.25, -0.2) is 0 Å². The van der Waals surface area contributed by atoms with Crippen molar-refractivity contribution in [3.05, 3.63) is 48.6 Å². The van der Waals surface area contributed by atoms with Gasteiger partial charge in [0.25, 0.3) is 0 Å². The van der Waals surface area contributed by atoms with Crippen LogP contribution >= 0.6 is 0 Å². The van der Waals surface area contributed by atoms with Gasteiger partial charge in [0, 0.05) is 19.0 Å². The van der Waals surface area contributed by atoms with Crippen LogP contribution in [0.15, 0.2) is 48.6 Å². The quantitative estimate of drug-likeness (QED) is 0.0456. The van der Waals surface area contributed by atoms with Gasteiger partial charge in [-0.1, -0.05) is 198 Å². The smallest absolute Gasteiger partial charge is 0.222 e. The average molecular weight is 767 g/mol. The van der Waals surface area contributed by atoms with E-state index in [0.717, 1.165) is 45.2 Å². The highest BCUT2D eigenvalue weighted by Crippen LogP contribution is 2.22. The average Bonchev–Trinajstić information content (AvgIpc) is 3.18. The lowest BCUT2D eigenvalue weighted by Crippen LogP contribution is -2.41. The van der Waals surface area contributed by atoms with Gasteiger partial charge in [0.1, 0.15) is 0 Å². The number of carbonyl (C=O) groups is 1. The highest BCUT2D eigenvalue weighted by molar-refractivity contribution is 5.76. The molecule has 3 nitrogen and oxygen atoms in total. The number of hydrogen-bond donors (Lipinski definition) is 0. The van der Waals surface area contributed by atoms with Crippen LogP contribution in [0.4, 0.5) is 0 Å². The van der Waals surface area contributed by atoms with Crippen molar-refractivity contribution < 1.29 is 4.79 Å². The van der Waals surface area contributed by atoms with Crippen LogP contribution in [0, 0.1) is 0 Å². The van der Waals surface area contributed by atoms with Crippen LogP contribution in [0.25, 0.3) is 0 Å². The zero-order chi connectivity index (χ0) is 40.1. The van der Waals surface area contributed by atoms with Gasteiger partial charge in [0.2, 0.25) is 5.91 Å². The number of nitrogens with zero attached hydrogens (tertiary/aromatic N) is 2. The molecule has 0 aliphatic rings. The summed E-state index contributed by atoms with van der Waals surface area (Å²) in [6.07, 6.45) is 63.0. The lowest BCUT2D eigenvalue weighted by atomic mass is 9.97. The Morgan fingerprint density at radius 3 is 1.16 bits per heavy atom. The van der Waals surface area contributed by atoms with Crippen LogP contribution in [-0.4, -0.2) is 48.9 Å². The maximum Gasteiger partial charge on any atom is 0.222 e. The Kier molecular flexibility index (Phi) is 43.8. The molecular formula is C52H98N2O. The first-order valence-corrected chi connectivity index (χ1v) is 24.6. The van der Waals surface area contributed by atoms with E-state index in [1.54, 1.807) is 0 Å². The first-order valence-electron chi connectivity index (χ1n) is 24.6. The summed E-state index contributed by atoms with van der Waals surface area (Å²) in [6, 6.07) is 0.427. The summed E-state index contributed by atoms with van der Waals surface area (Å²) in [5.41, 5.74) is 0. The molecule has 0 heterocycles. The highest BCUT2D eigenvalue weighted by atomic mass is 16.2. The molecule has 0 radical (unpaired) electrons. The van der Waals surface area contributed by atoms with Gasteiger partial charge in [-0.3, -0.25) is 4.79 Å². The zero-order valence-corrected chi connectivity index (χ0v) is 38.2. The third-order valence-electron chi connectivity index (χ3n) is 11.2. The van der Waals surface area contributed by atoms with Crippen LogP contribution < -0.4 is 0 Å². The Morgan fingerprint density at radius 1 is 0.400 bits per heavy atom. The molecular weight excluding hydrogens is 669 g/mol. The van der Waals surface area contributed by atoms with Crippen LogP contribution in [0.3, 0.4) is 0 Å². The van der Waals surface area contributed by atoms with E-state index in [1.807, 2.05) is 0 Å². The first kappa shape index (κ1) is 53.4. The summed E-state index contributed by atoms with van der Waals surface area (Å²) in [7, 11) is 4.33. The van der Waals surface area contributed by atoms with Crippen molar-refractivity contribution in [1.29, 1.82) is 0 Å². The van der Waals surface area contributed by atoms with Gasteiger partial charge in [0.15, 0.2) is 0 Å². The molecule has 0 saturated carbocycles. The van der Waals surface area contributed by atoms with Crippen molar-refractivity contribution in [1.82, 2.24) is 9.80 Å². The molecule has 0 spiro atoms. The molecule has 322 valence electrons. The second-order valence-corrected chi connectivity index (χ2v) is 17.0. The van der Waals surface area contributed by atoms with Gasteiger partial charge in [-0.2, -0.15) is 0 Å². The van der Waals surface area contributed by atoms with Crippen LogP contribution in [-0.2, 0) is 4.79 Å². The molecule has 3 heteroatoms. The van der Waals surface area contributed by atoms with Gasteiger partial charge in [0.05, 0.1) is 0 Å². The zero-order valence-electron chi connectivity index (χ0n) is 38.2. The van der Waals surface area contributed by atoms with Gasteiger partial charge >= 0.3 is 0 Å². The maximum absolute atomic E-state index is 13.8. The van der Waals surface area contributed by atoms with Crippen LogP contribution in [0.5, 0.6) is 0 Å². The molecule has 0 aliphatic heterocycles. The highest BCUT2D eigenvalue weighted by Gasteiger charge is 2.22. The number of rotatable bonds is 43. The molecule has 55 heavy (non-hydrogen) atoms. The van der Waals surface area contributed by atoms with E-state index in [2.05, 4.69) is 93.3 Å². The van der Waals surface area contributed by atoms with E-state index >= 15 is 0 Å². The lowest BCUT2D eigenvalue weighted by molar-refractivity contribution is -0.134. The Balaban J connectivity index is 4.76. The molecule has 1 amide bonds. The number of unbranched alkanes of at least 4 members (excludes halogenated alkanes) is 24. The van der Waals surface area contributed by atoms with Gasteiger partial charge in [-0.05, 0) is 111 Å². The van der Waals surface area contributed by atoms with E-state index in [-0.39, 0.29) is 0 Å². The normalized spacial score (nSPS) is 12.3. The third kappa shape index (κ3) is 40.4. The number of hydrogen-bond acceptors (Lipinski definition) is 2. The van der Waals surface area contributed by atoms with E-state index in [1.165, 1.54) is 193 Å². The molecule has 0 aromatic rings. The van der Waals surface area contributed by atoms with E-state index in [0.29, 0.717) is 11.9 Å². The molecule has 0 aliphatic carbocycles. The molecule has 0 N–H and O–H groups in total. The molecule has 0 aromatic carbocycles. The van der Waals surface area contributed by atoms with Crippen molar-refractivity contribution in [2.45, 2.75) is 252 Å². The lowest BCUT2D eigenvalue weighted by Gasteiger charge is -2.33. The van der Waals surface area contributed by atoms with Crippen molar-refractivity contribution in [2.24, 2.45) is 0 Å². The predicted octanol–water partition coefficient (Wildman–Crippen LogP) is 16.7. The Labute approximate surface area is 346 Å². The standard InChI is InChI=1S/C52H98N2O/c1-6-9-12-15-18-20-22-24-26-28-30-32-34-37-39-42-46-51(47-43-40-38-35-33-31-29-27-25-23-21-19-16-13-10-7-2)54(50-45-49-53(4)5)52(55)48-44-41-36-17-14-11-8-3/h18-21,24-27,51H,6-17,22-23,28-50H2,1-5H3/b20-18-,21-19-,26-24-,27-25-. The molecule has 0 bridgehead atoms. The number of allylic oxidation sites excluding steroid dienone is 8. The van der Waals surface area contributed by atoms with Crippen molar-refractivity contribution in [2.75, 3.05) is 27.2 Å². The number of carbonyl (C=O) groups excluding carboxylic acids is 1. The summed E-state index contributed by atoms with van der Waals surface area (Å²) in [5, 5.41) is 0. The topological polar surface area (TPSA) is 23.6 Å². The van der Waals surface area contributed by atoms with Gasteiger partial charge < -0.3 is 9.80 Å². The fourth-order valence-corrected chi connectivity index (χ4v) is 7.64. The van der Waals surface area contributed by atoms with E-state index < -0.39 is 0 Å². The Morgan fingerprint density at radius 2 is 0.745 bits per heavy atom. The fraction of sp³-hybridized carbons (Fsp3) is 0.827. The molecule has 0 atom stereocenters. The minimum Gasteiger partial charge on any atom is -0.340 e. The summed E-state index contributed by atoms with van der Waals surface area (Å²) >= 11 is 0. The maximum atomic E-state index is 13.8. The second-order valence-electron chi connectivity index (χ2n) is 17.0. The second kappa shape index (κ2) is 45.1. The largest absolute Gasteiger partial charge is 0.340 e. The number of amides is 1. The van der Waals surface area contributed by atoms with Crippen molar-refractivity contribution >= 4 is 5.91 Å². The minimum absolute atomic E-state index is 0.427. The van der Waals surface area contributed by atoms with Crippen molar-refractivity contribution in [3.63, 3.8) is 0 Å². The minimum atomic E-state index is 0.427. The van der Waals surface area contributed by atoms with Crippen LogP contribution in [0.1, 0.15) is 245 Å². The molecule has 0 rings (SSSR count). The van der Waals surface area contributed by atoms with Crippen molar-refractivity contribution in [3.8, 4) is 0 Å². The summed E-state index contributed by atoms with van der Waals surface area (Å²) in [5.74, 6) is 0.442. The monoisotopic (exact) mass is 767 g/mol. The molecule has 0 saturated heterocycles. The van der Waals surface area contributed by atoms with E-state index in [4.69, 9.17) is 0 Å². The van der Waals surface area contributed by atoms with E-state index in [9.17, 15) is 4.79 Å².